The maximum atomic E-state index is 13.9. The molecule has 0 radical (unpaired) electrons. The average molecular weight is 994 g/mol. The summed E-state index contributed by atoms with van der Waals surface area (Å²) in [6, 6.07) is 0. The molecule has 0 aliphatic heterocycles. The van der Waals surface area contributed by atoms with Crippen molar-refractivity contribution in [1.82, 2.24) is 9.80 Å². The summed E-state index contributed by atoms with van der Waals surface area (Å²) in [4.78, 5) is 43.7. The normalized spacial score (nSPS) is 11.7. The Labute approximate surface area is 435 Å². The molecule has 0 heterocycles. The topological polar surface area (TPSA) is 94.6 Å². The monoisotopic (exact) mass is 993 g/mol. The van der Waals surface area contributed by atoms with Crippen molar-refractivity contribution in [2.45, 2.75) is 329 Å². The summed E-state index contributed by atoms with van der Waals surface area (Å²) in [7, 11) is 4.18. The highest BCUT2D eigenvalue weighted by Crippen LogP contribution is 2.22. The average Bonchev–Trinajstić information content (AvgIpc) is 3.34. The van der Waals surface area contributed by atoms with Gasteiger partial charge in [-0.15, -0.1) is 0 Å². The van der Waals surface area contributed by atoms with Crippen molar-refractivity contribution in [3.05, 3.63) is 0 Å². The smallest absolute Gasteiger partial charge is 0.410 e. The lowest BCUT2D eigenvalue weighted by molar-refractivity contribution is -0.151. The van der Waals surface area contributed by atoms with Crippen molar-refractivity contribution in [2.24, 2.45) is 0 Å². The van der Waals surface area contributed by atoms with Crippen molar-refractivity contribution >= 4 is 18.0 Å². The highest BCUT2D eigenvalue weighted by molar-refractivity contribution is 5.70. The SMILES string of the molecule is CCCCCCC(CCCCCC)OC(=O)CCCCCCCCC(CCCCCCCCC(=O)OC(CCCCCC)CCCCCC)OC(=O)N(CCCCCOCCCCC)CCCN(C)C. The molecule has 0 bridgehead atoms. The predicted molar refractivity (Wildman–Crippen MR) is 298 cm³/mol. The van der Waals surface area contributed by atoms with Crippen LogP contribution in [0.3, 0.4) is 0 Å². The van der Waals surface area contributed by atoms with Crippen molar-refractivity contribution in [3.63, 3.8) is 0 Å². The number of amides is 1. The Hall–Kier alpha value is -1.87. The van der Waals surface area contributed by atoms with Crippen LogP contribution in [0.4, 0.5) is 4.79 Å². The van der Waals surface area contributed by atoms with Crippen LogP contribution in [0, 0.1) is 0 Å². The largest absolute Gasteiger partial charge is 0.462 e. The van der Waals surface area contributed by atoms with Crippen molar-refractivity contribution in [1.29, 1.82) is 0 Å². The highest BCUT2D eigenvalue weighted by atomic mass is 16.6. The van der Waals surface area contributed by atoms with Gasteiger partial charge in [-0.05, 0) is 143 Å². The second-order valence-corrected chi connectivity index (χ2v) is 21.5. The van der Waals surface area contributed by atoms with Gasteiger partial charge < -0.3 is 28.7 Å². The molecule has 0 aromatic carbocycles. The van der Waals surface area contributed by atoms with Gasteiger partial charge in [0.1, 0.15) is 18.3 Å². The van der Waals surface area contributed by atoms with E-state index in [2.05, 4.69) is 53.6 Å². The number of unbranched alkanes of at least 4 members (excludes halogenated alkanes) is 26. The molecule has 0 saturated carbocycles. The Bertz CT molecular complexity index is 1040. The minimum Gasteiger partial charge on any atom is -0.462 e. The fraction of sp³-hybridized carbons (Fsp3) is 0.951. The van der Waals surface area contributed by atoms with E-state index in [9.17, 15) is 14.4 Å². The molecule has 0 aromatic rings. The predicted octanol–water partition coefficient (Wildman–Crippen LogP) is 18.1. The number of esters is 2. The zero-order valence-electron chi connectivity index (χ0n) is 47.9. The third-order valence-electron chi connectivity index (χ3n) is 14.1. The number of carbonyl (C=O) groups is 3. The summed E-state index contributed by atoms with van der Waals surface area (Å²) in [5, 5.41) is 0. The van der Waals surface area contributed by atoms with E-state index < -0.39 is 0 Å². The molecular formula is C61H120N2O7. The van der Waals surface area contributed by atoms with Gasteiger partial charge in [0.2, 0.25) is 0 Å². The maximum Gasteiger partial charge on any atom is 0.410 e. The fourth-order valence-electron chi connectivity index (χ4n) is 9.50. The number of hydrogen-bond acceptors (Lipinski definition) is 8. The molecule has 1 amide bonds. The highest BCUT2D eigenvalue weighted by Gasteiger charge is 2.21. The van der Waals surface area contributed by atoms with E-state index >= 15 is 0 Å². The van der Waals surface area contributed by atoms with E-state index in [1.807, 2.05) is 4.90 Å². The second-order valence-electron chi connectivity index (χ2n) is 21.5. The van der Waals surface area contributed by atoms with Crippen LogP contribution in [0.5, 0.6) is 0 Å². The van der Waals surface area contributed by atoms with Gasteiger partial charge in [0.05, 0.1) is 0 Å². The number of carbonyl (C=O) groups excluding carboxylic acids is 3. The molecule has 9 heteroatoms. The lowest BCUT2D eigenvalue weighted by atomic mass is 10.0. The first-order valence-electron chi connectivity index (χ1n) is 30.8. The first kappa shape index (κ1) is 68.1. The molecule has 0 rings (SSSR count). The number of ether oxygens (including phenoxy) is 4. The van der Waals surface area contributed by atoms with Crippen LogP contribution in [0.15, 0.2) is 0 Å². The molecule has 0 spiro atoms. The first-order chi connectivity index (χ1) is 34.2. The van der Waals surface area contributed by atoms with Crippen molar-refractivity contribution in [2.75, 3.05) is 46.9 Å². The van der Waals surface area contributed by atoms with Gasteiger partial charge in [-0.1, -0.05) is 176 Å². The molecular weight excluding hydrogens is 873 g/mol. The zero-order chi connectivity index (χ0) is 51.4. The summed E-state index contributed by atoms with van der Waals surface area (Å²) in [6.07, 6.45) is 46.7. The number of nitrogens with zero attached hydrogens (tertiary/aromatic N) is 2. The van der Waals surface area contributed by atoms with Gasteiger partial charge in [0, 0.05) is 39.1 Å². The van der Waals surface area contributed by atoms with Crippen LogP contribution in [0.2, 0.25) is 0 Å². The Kier molecular flexibility index (Phi) is 52.0. The summed E-state index contributed by atoms with van der Waals surface area (Å²) >= 11 is 0. The molecule has 70 heavy (non-hydrogen) atoms. The van der Waals surface area contributed by atoms with Crippen LogP contribution < -0.4 is 0 Å². The maximum absolute atomic E-state index is 13.9. The van der Waals surface area contributed by atoms with Crippen LogP contribution in [0.25, 0.3) is 0 Å². The molecule has 0 atom stereocenters. The molecule has 0 unspecified atom stereocenters. The van der Waals surface area contributed by atoms with Gasteiger partial charge in [-0.25, -0.2) is 4.79 Å². The van der Waals surface area contributed by atoms with E-state index in [4.69, 9.17) is 18.9 Å². The summed E-state index contributed by atoms with van der Waals surface area (Å²) in [6.45, 7) is 15.2. The van der Waals surface area contributed by atoms with Gasteiger partial charge in [0.25, 0.3) is 0 Å². The number of hydrogen-bond donors (Lipinski definition) is 0. The Morgan fingerprint density at radius 2 is 0.629 bits per heavy atom. The van der Waals surface area contributed by atoms with Gasteiger partial charge in [-0.3, -0.25) is 9.59 Å². The summed E-state index contributed by atoms with van der Waals surface area (Å²) < 4.78 is 24.3. The van der Waals surface area contributed by atoms with E-state index in [0.29, 0.717) is 12.8 Å². The zero-order valence-corrected chi connectivity index (χ0v) is 47.9. The van der Waals surface area contributed by atoms with Gasteiger partial charge >= 0.3 is 18.0 Å². The Balaban J connectivity index is 5.10. The molecule has 0 aliphatic carbocycles. The van der Waals surface area contributed by atoms with Crippen LogP contribution in [-0.4, -0.2) is 93.1 Å². The summed E-state index contributed by atoms with van der Waals surface area (Å²) in [5.74, 6) is -0.0126. The second kappa shape index (κ2) is 53.4. The standard InChI is InChI=1S/C61H120N2O7/c1-8-13-18-31-43-56(44-32-19-14-9-2)68-59(64)49-37-28-24-22-26-35-47-58(70-61(66)63(53-42-51-62(6)7)52-39-30-41-55-67-54-40-17-12-5)48-36-27-23-25-29-38-50-60(65)69-57(45-33-20-15-10-3)46-34-21-16-11-4/h56-58H,8-55H2,1-7H3. The van der Waals surface area contributed by atoms with Crippen molar-refractivity contribution in [3.8, 4) is 0 Å². The minimum absolute atomic E-state index is 0.00628. The Morgan fingerprint density at radius 1 is 0.329 bits per heavy atom. The summed E-state index contributed by atoms with van der Waals surface area (Å²) in [5.41, 5.74) is 0. The molecule has 416 valence electrons. The van der Waals surface area contributed by atoms with E-state index in [1.165, 1.54) is 89.9 Å². The van der Waals surface area contributed by atoms with E-state index in [0.717, 1.165) is 206 Å². The van der Waals surface area contributed by atoms with Crippen LogP contribution in [0.1, 0.15) is 311 Å². The molecule has 0 fully saturated rings. The number of rotatable bonds is 55. The molecule has 0 aliphatic rings. The lowest BCUT2D eigenvalue weighted by Crippen LogP contribution is -2.37. The third-order valence-corrected chi connectivity index (χ3v) is 14.1. The van der Waals surface area contributed by atoms with Gasteiger partial charge in [0.15, 0.2) is 0 Å². The molecule has 0 aromatic heterocycles. The minimum atomic E-state index is -0.147. The fourth-order valence-corrected chi connectivity index (χ4v) is 9.50. The molecule has 0 saturated heterocycles. The van der Waals surface area contributed by atoms with Crippen LogP contribution >= 0.6 is 0 Å². The van der Waals surface area contributed by atoms with E-state index in [-0.39, 0.29) is 36.3 Å². The van der Waals surface area contributed by atoms with Crippen LogP contribution in [-0.2, 0) is 28.5 Å². The Morgan fingerprint density at radius 3 is 1.01 bits per heavy atom. The first-order valence-corrected chi connectivity index (χ1v) is 30.8. The van der Waals surface area contributed by atoms with Crippen molar-refractivity contribution < 1.29 is 33.3 Å². The van der Waals surface area contributed by atoms with Gasteiger partial charge in [-0.2, -0.15) is 0 Å². The molecule has 9 nitrogen and oxygen atoms in total. The molecule has 0 N–H and O–H groups in total. The quantitative estimate of drug-likeness (QED) is 0.0338. The lowest BCUT2D eigenvalue weighted by Gasteiger charge is -2.26. The third kappa shape index (κ3) is 47.2. The van der Waals surface area contributed by atoms with E-state index in [1.54, 1.807) is 0 Å².